The van der Waals surface area contributed by atoms with Crippen molar-refractivity contribution in [1.29, 1.82) is 0 Å². The van der Waals surface area contributed by atoms with Crippen molar-refractivity contribution in [3.05, 3.63) is 63.4 Å². The summed E-state index contributed by atoms with van der Waals surface area (Å²) < 4.78 is 5.23. The summed E-state index contributed by atoms with van der Waals surface area (Å²) in [4.78, 5) is 15.9. The number of piperidine rings is 1. The summed E-state index contributed by atoms with van der Waals surface area (Å²) in [5.41, 5.74) is 5.29. The van der Waals surface area contributed by atoms with E-state index in [0.717, 1.165) is 38.9 Å². The maximum absolute atomic E-state index is 12.1. The average Bonchev–Trinajstić information content (AvgIpc) is 3.12. The smallest absolute Gasteiger partial charge is 0.310 e. The standard InChI is InChI=1S/C24H31NO2S/c1-4-27-24(26)20-10-7-14-25(17-20)15-8-12-22(23-19(3)13-16-28-23)21-11-6-5-9-18(21)2/h5-6,9,11-13,16,20H,4,7-8,10,14-15,17H2,1-3H3/b22-12-/t20-/m1/s1. The van der Waals surface area contributed by atoms with E-state index < -0.39 is 0 Å². The summed E-state index contributed by atoms with van der Waals surface area (Å²) in [5, 5.41) is 2.17. The van der Waals surface area contributed by atoms with Gasteiger partial charge in [0, 0.05) is 18.0 Å². The van der Waals surface area contributed by atoms with Crippen molar-refractivity contribution in [1.82, 2.24) is 4.90 Å². The fourth-order valence-corrected chi connectivity index (χ4v) is 4.93. The molecule has 2 aromatic rings. The number of hydrogen-bond donors (Lipinski definition) is 0. The largest absolute Gasteiger partial charge is 0.466 e. The van der Waals surface area contributed by atoms with Gasteiger partial charge in [-0.3, -0.25) is 4.79 Å². The summed E-state index contributed by atoms with van der Waals surface area (Å²) in [6.07, 6.45) is 5.39. The number of aryl methyl sites for hydroxylation is 2. The third kappa shape index (κ3) is 5.12. The minimum absolute atomic E-state index is 0.0300. The van der Waals surface area contributed by atoms with Gasteiger partial charge in [-0.2, -0.15) is 0 Å². The van der Waals surface area contributed by atoms with Crippen LogP contribution in [0.25, 0.3) is 5.57 Å². The summed E-state index contributed by atoms with van der Waals surface area (Å²) in [6.45, 7) is 9.59. The number of thiophene rings is 1. The fourth-order valence-electron chi connectivity index (χ4n) is 3.95. The molecule has 0 saturated carbocycles. The monoisotopic (exact) mass is 397 g/mol. The van der Waals surface area contributed by atoms with Crippen molar-refractivity contribution in [3.8, 4) is 0 Å². The second-order valence-corrected chi connectivity index (χ2v) is 8.46. The zero-order valence-electron chi connectivity index (χ0n) is 17.2. The van der Waals surface area contributed by atoms with Gasteiger partial charge in [-0.25, -0.2) is 0 Å². The van der Waals surface area contributed by atoms with E-state index >= 15 is 0 Å². The molecule has 4 heteroatoms. The number of rotatable bonds is 7. The molecule has 150 valence electrons. The molecule has 0 amide bonds. The van der Waals surface area contributed by atoms with Gasteiger partial charge in [0.2, 0.25) is 0 Å². The van der Waals surface area contributed by atoms with E-state index in [2.05, 4.69) is 60.5 Å². The van der Waals surface area contributed by atoms with E-state index in [9.17, 15) is 4.79 Å². The van der Waals surface area contributed by atoms with Crippen LogP contribution in [0.5, 0.6) is 0 Å². The van der Waals surface area contributed by atoms with Gasteiger partial charge in [-0.1, -0.05) is 30.3 Å². The van der Waals surface area contributed by atoms with E-state index in [-0.39, 0.29) is 11.9 Å². The third-order valence-electron chi connectivity index (χ3n) is 5.46. The van der Waals surface area contributed by atoms with Gasteiger partial charge in [-0.15, -0.1) is 11.3 Å². The highest BCUT2D eigenvalue weighted by Gasteiger charge is 2.26. The third-order valence-corrected chi connectivity index (χ3v) is 6.51. The Kier molecular flexibility index (Phi) is 7.46. The molecule has 3 nitrogen and oxygen atoms in total. The first-order valence-corrected chi connectivity index (χ1v) is 11.2. The number of likely N-dealkylation sites (tertiary alicyclic amines) is 1. The first-order chi connectivity index (χ1) is 13.6. The molecule has 0 aliphatic carbocycles. The number of ether oxygens (including phenoxy) is 1. The van der Waals surface area contributed by atoms with E-state index in [4.69, 9.17) is 4.74 Å². The molecule has 1 aromatic carbocycles. The van der Waals surface area contributed by atoms with Crippen LogP contribution in [0.2, 0.25) is 0 Å². The minimum Gasteiger partial charge on any atom is -0.466 e. The summed E-state index contributed by atoms with van der Waals surface area (Å²) in [5.74, 6) is 0.00519. The molecular weight excluding hydrogens is 366 g/mol. The molecule has 2 heterocycles. The predicted molar refractivity (Wildman–Crippen MR) is 118 cm³/mol. The molecule has 28 heavy (non-hydrogen) atoms. The van der Waals surface area contributed by atoms with E-state index in [1.807, 2.05) is 18.3 Å². The maximum Gasteiger partial charge on any atom is 0.310 e. The zero-order valence-corrected chi connectivity index (χ0v) is 18.1. The van der Waals surface area contributed by atoms with Crippen LogP contribution in [-0.2, 0) is 9.53 Å². The van der Waals surface area contributed by atoms with Crippen molar-refractivity contribution < 1.29 is 9.53 Å². The highest BCUT2D eigenvalue weighted by Crippen LogP contribution is 2.32. The van der Waals surface area contributed by atoms with Crippen molar-refractivity contribution >= 4 is 22.9 Å². The maximum atomic E-state index is 12.1. The number of carbonyl (C=O) groups excluding carboxylic acids is 1. The lowest BCUT2D eigenvalue weighted by Gasteiger charge is -2.31. The lowest BCUT2D eigenvalue weighted by Crippen LogP contribution is -2.39. The number of carbonyl (C=O) groups is 1. The molecule has 1 fully saturated rings. The Balaban J connectivity index is 1.71. The van der Waals surface area contributed by atoms with Crippen molar-refractivity contribution in [2.24, 2.45) is 5.92 Å². The molecular formula is C24H31NO2S. The Bertz CT molecular complexity index is 824. The Labute approximate surface area is 173 Å². The molecule has 0 unspecified atom stereocenters. The number of esters is 1. The van der Waals surface area contributed by atoms with Gasteiger partial charge < -0.3 is 9.64 Å². The Morgan fingerprint density at radius 2 is 2.07 bits per heavy atom. The average molecular weight is 398 g/mol. The minimum atomic E-state index is -0.0300. The van der Waals surface area contributed by atoms with E-state index in [0.29, 0.717) is 6.61 Å². The van der Waals surface area contributed by atoms with Crippen LogP contribution >= 0.6 is 11.3 Å². The van der Waals surface area contributed by atoms with Gasteiger partial charge in [0.25, 0.3) is 0 Å². The Morgan fingerprint density at radius 1 is 1.25 bits per heavy atom. The molecule has 1 aliphatic heterocycles. The summed E-state index contributed by atoms with van der Waals surface area (Å²) in [6, 6.07) is 10.8. The Hall–Kier alpha value is -1.91. The lowest BCUT2D eigenvalue weighted by molar-refractivity contribution is -0.149. The molecule has 0 bridgehead atoms. The van der Waals surface area contributed by atoms with E-state index in [1.54, 1.807) is 0 Å². The second kappa shape index (κ2) is 10.0. The molecule has 1 aliphatic rings. The SMILES string of the molecule is CCOC(=O)[C@@H]1CCCN(CC/C=C(/c2ccccc2C)c2sccc2C)C1. The molecule has 0 spiro atoms. The topological polar surface area (TPSA) is 29.5 Å². The normalized spacial score (nSPS) is 18.2. The van der Waals surface area contributed by atoms with Gasteiger partial charge in [0.1, 0.15) is 0 Å². The van der Waals surface area contributed by atoms with Gasteiger partial charge >= 0.3 is 5.97 Å². The van der Waals surface area contributed by atoms with Crippen LogP contribution in [0.3, 0.4) is 0 Å². The predicted octanol–water partition coefficient (Wildman–Crippen LogP) is 5.46. The number of nitrogens with zero attached hydrogens (tertiary/aromatic N) is 1. The number of benzene rings is 1. The van der Waals surface area contributed by atoms with Crippen molar-refractivity contribution in [2.45, 2.75) is 40.0 Å². The quantitative estimate of drug-likeness (QED) is 0.581. The van der Waals surface area contributed by atoms with Crippen LogP contribution in [0.1, 0.15) is 47.8 Å². The molecule has 1 saturated heterocycles. The van der Waals surface area contributed by atoms with Crippen LogP contribution in [0.4, 0.5) is 0 Å². The number of hydrogen-bond acceptors (Lipinski definition) is 4. The Morgan fingerprint density at radius 3 is 2.79 bits per heavy atom. The fraction of sp³-hybridized carbons (Fsp3) is 0.458. The molecule has 3 rings (SSSR count). The van der Waals surface area contributed by atoms with Crippen molar-refractivity contribution in [3.63, 3.8) is 0 Å². The first-order valence-electron chi connectivity index (χ1n) is 10.3. The lowest BCUT2D eigenvalue weighted by atomic mass is 9.96. The van der Waals surface area contributed by atoms with Crippen molar-refractivity contribution in [2.75, 3.05) is 26.2 Å². The molecule has 0 radical (unpaired) electrons. The molecule has 1 atom stereocenters. The molecule has 1 aromatic heterocycles. The summed E-state index contributed by atoms with van der Waals surface area (Å²) >= 11 is 1.81. The van der Waals surface area contributed by atoms with Gasteiger partial charge in [0.15, 0.2) is 0 Å². The first kappa shape index (κ1) is 20.8. The van der Waals surface area contributed by atoms with Crippen LogP contribution < -0.4 is 0 Å². The zero-order chi connectivity index (χ0) is 19.9. The summed E-state index contributed by atoms with van der Waals surface area (Å²) in [7, 11) is 0. The van der Waals surface area contributed by atoms with Gasteiger partial charge in [0.05, 0.1) is 12.5 Å². The molecule has 0 N–H and O–H groups in total. The van der Waals surface area contributed by atoms with Crippen LogP contribution in [0.15, 0.2) is 41.8 Å². The highest BCUT2D eigenvalue weighted by molar-refractivity contribution is 7.11. The van der Waals surface area contributed by atoms with Gasteiger partial charge in [-0.05, 0) is 80.3 Å². The second-order valence-electron chi connectivity index (χ2n) is 7.55. The van der Waals surface area contributed by atoms with Crippen LogP contribution in [0, 0.1) is 19.8 Å². The van der Waals surface area contributed by atoms with Crippen LogP contribution in [-0.4, -0.2) is 37.1 Å². The highest BCUT2D eigenvalue weighted by atomic mass is 32.1. The van der Waals surface area contributed by atoms with E-state index in [1.165, 1.54) is 27.1 Å².